The van der Waals surface area contributed by atoms with Crippen LogP contribution in [0.25, 0.3) is 16.9 Å². The summed E-state index contributed by atoms with van der Waals surface area (Å²) in [5.41, 5.74) is 2.98. The number of aryl methyl sites for hydroxylation is 1. The van der Waals surface area contributed by atoms with E-state index < -0.39 is 0 Å². The van der Waals surface area contributed by atoms with Crippen molar-refractivity contribution >= 4 is 16.5 Å². The fourth-order valence-electron chi connectivity index (χ4n) is 3.32. The number of hydrogen-bond donors (Lipinski definition) is 1. The highest BCUT2D eigenvalue weighted by molar-refractivity contribution is 7.14. The van der Waals surface area contributed by atoms with E-state index in [1.807, 2.05) is 24.6 Å². The van der Waals surface area contributed by atoms with Crippen molar-refractivity contribution in [1.29, 1.82) is 0 Å². The van der Waals surface area contributed by atoms with Crippen LogP contribution in [-0.4, -0.2) is 20.6 Å². The molecule has 0 radical (unpaired) electrons. The maximum Gasteiger partial charge on any atom is 0.183 e. The summed E-state index contributed by atoms with van der Waals surface area (Å²) in [6.45, 7) is 1.89. The van der Waals surface area contributed by atoms with E-state index in [-0.39, 0.29) is 5.82 Å². The Kier molecular flexibility index (Phi) is 4.53. The van der Waals surface area contributed by atoms with Crippen LogP contribution in [0.3, 0.4) is 0 Å². The van der Waals surface area contributed by atoms with Crippen LogP contribution >= 0.6 is 11.3 Å². The van der Waals surface area contributed by atoms with Crippen LogP contribution in [-0.2, 0) is 0 Å². The molecule has 2 aromatic heterocycles. The standard InChI is InChI=1S/C19H21FN4S/c1-13-10-24(12-21-13)18-8-7-14(9-16(18)20)17-11-25-19(23-17)22-15-5-3-2-4-6-15/h7-12,15H,2-6H2,1H3,(H,22,23). The van der Waals surface area contributed by atoms with Crippen molar-refractivity contribution in [2.45, 2.75) is 45.1 Å². The lowest BCUT2D eigenvalue weighted by molar-refractivity contribution is 0.462. The van der Waals surface area contributed by atoms with Gasteiger partial charge in [-0.05, 0) is 31.9 Å². The second-order valence-corrected chi connectivity index (χ2v) is 7.46. The summed E-state index contributed by atoms with van der Waals surface area (Å²) < 4.78 is 16.2. The first kappa shape index (κ1) is 16.3. The molecule has 4 nitrogen and oxygen atoms in total. The molecule has 4 rings (SSSR count). The Morgan fingerprint density at radius 1 is 1.24 bits per heavy atom. The normalized spacial score (nSPS) is 15.4. The molecule has 130 valence electrons. The number of hydrogen-bond acceptors (Lipinski definition) is 4. The molecule has 25 heavy (non-hydrogen) atoms. The molecule has 0 bridgehead atoms. The second kappa shape index (κ2) is 6.96. The molecule has 0 saturated heterocycles. The predicted molar refractivity (Wildman–Crippen MR) is 99.9 cm³/mol. The molecule has 2 heterocycles. The summed E-state index contributed by atoms with van der Waals surface area (Å²) in [6, 6.07) is 5.76. The van der Waals surface area contributed by atoms with Crippen molar-refractivity contribution < 1.29 is 4.39 Å². The average molecular weight is 356 g/mol. The van der Waals surface area contributed by atoms with E-state index in [1.54, 1.807) is 34.4 Å². The topological polar surface area (TPSA) is 42.7 Å². The molecule has 0 spiro atoms. The molecule has 0 aliphatic heterocycles. The van der Waals surface area contributed by atoms with E-state index in [4.69, 9.17) is 0 Å². The van der Waals surface area contributed by atoms with Gasteiger partial charge in [0.2, 0.25) is 0 Å². The molecular formula is C19H21FN4S. The van der Waals surface area contributed by atoms with Crippen molar-refractivity contribution in [2.75, 3.05) is 5.32 Å². The Balaban J connectivity index is 1.53. The van der Waals surface area contributed by atoms with Crippen LogP contribution in [0.2, 0.25) is 0 Å². The molecule has 1 fully saturated rings. The quantitative estimate of drug-likeness (QED) is 0.700. The first-order chi connectivity index (χ1) is 12.2. The van der Waals surface area contributed by atoms with Crippen molar-refractivity contribution in [3.8, 4) is 16.9 Å². The monoisotopic (exact) mass is 356 g/mol. The first-order valence-corrected chi connectivity index (χ1v) is 9.60. The lowest BCUT2D eigenvalue weighted by Crippen LogP contribution is -2.21. The average Bonchev–Trinajstić information content (AvgIpc) is 3.25. The van der Waals surface area contributed by atoms with Crippen molar-refractivity contribution in [1.82, 2.24) is 14.5 Å². The van der Waals surface area contributed by atoms with E-state index in [1.165, 1.54) is 32.1 Å². The van der Waals surface area contributed by atoms with Crippen LogP contribution in [0.5, 0.6) is 0 Å². The fraction of sp³-hybridized carbons (Fsp3) is 0.368. The summed E-state index contributed by atoms with van der Waals surface area (Å²) in [6.07, 6.45) is 9.77. The molecule has 1 aromatic carbocycles. The summed E-state index contributed by atoms with van der Waals surface area (Å²) in [7, 11) is 0. The van der Waals surface area contributed by atoms with Gasteiger partial charge in [-0.2, -0.15) is 0 Å². The minimum atomic E-state index is -0.273. The number of rotatable bonds is 4. The summed E-state index contributed by atoms with van der Waals surface area (Å²) >= 11 is 1.59. The Hall–Kier alpha value is -2.21. The van der Waals surface area contributed by atoms with E-state index in [9.17, 15) is 4.39 Å². The molecule has 1 N–H and O–H groups in total. The third kappa shape index (κ3) is 3.58. The van der Waals surface area contributed by atoms with Gasteiger partial charge in [0, 0.05) is 23.2 Å². The van der Waals surface area contributed by atoms with Crippen LogP contribution in [0.4, 0.5) is 9.52 Å². The van der Waals surface area contributed by atoms with Crippen LogP contribution in [0.1, 0.15) is 37.8 Å². The molecule has 0 atom stereocenters. The number of thiazole rings is 1. The molecule has 3 aromatic rings. The number of imidazole rings is 1. The van der Waals surface area contributed by atoms with Gasteiger partial charge in [0.15, 0.2) is 5.13 Å². The van der Waals surface area contributed by atoms with Gasteiger partial charge in [0.25, 0.3) is 0 Å². The number of aromatic nitrogens is 3. The number of nitrogens with one attached hydrogen (secondary N) is 1. The highest BCUT2D eigenvalue weighted by Gasteiger charge is 2.15. The number of halogens is 1. The molecule has 1 aliphatic rings. The Labute approximate surface area is 150 Å². The van der Waals surface area contributed by atoms with Crippen molar-refractivity contribution in [3.05, 3.63) is 47.6 Å². The second-order valence-electron chi connectivity index (χ2n) is 6.61. The highest BCUT2D eigenvalue weighted by Crippen LogP contribution is 2.29. The van der Waals surface area contributed by atoms with Gasteiger partial charge in [-0.1, -0.05) is 25.3 Å². The van der Waals surface area contributed by atoms with Gasteiger partial charge in [-0.3, -0.25) is 0 Å². The van der Waals surface area contributed by atoms with E-state index in [0.29, 0.717) is 11.7 Å². The molecule has 0 unspecified atom stereocenters. The SMILES string of the molecule is Cc1cn(-c2ccc(-c3csc(NC4CCCCC4)n3)cc2F)cn1. The maximum atomic E-state index is 14.5. The molecular weight excluding hydrogens is 335 g/mol. The smallest absolute Gasteiger partial charge is 0.183 e. The minimum Gasteiger partial charge on any atom is -0.359 e. The van der Waals surface area contributed by atoms with Crippen LogP contribution in [0, 0.1) is 12.7 Å². The van der Waals surface area contributed by atoms with Gasteiger partial charge in [-0.25, -0.2) is 14.4 Å². The number of anilines is 1. The van der Waals surface area contributed by atoms with Gasteiger partial charge in [-0.15, -0.1) is 11.3 Å². The summed E-state index contributed by atoms with van der Waals surface area (Å²) in [5, 5.41) is 6.44. The minimum absolute atomic E-state index is 0.273. The lowest BCUT2D eigenvalue weighted by atomic mass is 9.96. The lowest BCUT2D eigenvalue weighted by Gasteiger charge is -2.22. The van der Waals surface area contributed by atoms with Gasteiger partial charge in [0.05, 0.1) is 23.4 Å². The fourth-order valence-corrected chi connectivity index (χ4v) is 4.12. The van der Waals surface area contributed by atoms with Crippen LogP contribution in [0.15, 0.2) is 36.1 Å². The molecule has 1 saturated carbocycles. The van der Waals surface area contributed by atoms with Gasteiger partial charge in [0.1, 0.15) is 5.82 Å². The largest absolute Gasteiger partial charge is 0.359 e. The zero-order valence-electron chi connectivity index (χ0n) is 14.2. The number of nitrogens with zero attached hydrogens (tertiary/aromatic N) is 3. The molecule has 0 amide bonds. The van der Waals surface area contributed by atoms with Crippen LogP contribution < -0.4 is 5.32 Å². The Bertz CT molecular complexity index is 864. The predicted octanol–water partition coefficient (Wildman–Crippen LogP) is 5.19. The Morgan fingerprint density at radius 2 is 2.08 bits per heavy atom. The number of benzene rings is 1. The highest BCUT2D eigenvalue weighted by atomic mass is 32.1. The van der Waals surface area contributed by atoms with E-state index in [0.717, 1.165) is 22.1 Å². The molecule has 1 aliphatic carbocycles. The van der Waals surface area contributed by atoms with Gasteiger partial charge >= 0.3 is 0 Å². The van der Waals surface area contributed by atoms with Crippen molar-refractivity contribution in [2.24, 2.45) is 0 Å². The zero-order valence-corrected chi connectivity index (χ0v) is 15.0. The summed E-state index contributed by atoms with van der Waals surface area (Å²) in [4.78, 5) is 8.79. The third-order valence-electron chi connectivity index (χ3n) is 4.67. The van der Waals surface area contributed by atoms with Gasteiger partial charge < -0.3 is 9.88 Å². The molecule has 6 heteroatoms. The maximum absolute atomic E-state index is 14.5. The van der Waals surface area contributed by atoms with Crippen molar-refractivity contribution in [3.63, 3.8) is 0 Å². The van der Waals surface area contributed by atoms with E-state index in [2.05, 4.69) is 15.3 Å². The van der Waals surface area contributed by atoms with E-state index >= 15 is 0 Å². The zero-order chi connectivity index (χ0) is 17.2. The third-order valence-corrected chi connectivity index (χ3v) is 5.44. The first-order valence-electron chi connectivity index (χ1n) is 8.72. The summed E-state index contributed by atoms with van der Waals surface area (Å²) in [5.74, 6) is -0.273. The Morgan fingerprint density at radius 3 is 2.80 bits per heavy atom.